The van der Waals surface area contributed by atoms with Gasteiger partial charge < -0.3 is 0 Å². The Hall–Kier alpha value is -4.10. The average Bonchev–Trinajstić information content (AvgIpc) is 2.91. The Bertz CT molecular complexity index is 1310. The van der Waals surface area contributed by atoms with Gasteiger partial charge in [-0.05, 0) is 50.3 Å². The number of halogens is 6. The molecule has 7 heteroatoms. The van der Waals surface area contributed by atoms with E-state index in [1.165, 1.54) is 0 Å². The molecule has 0 N–H and O–H groups in total. The van der Waals surface area contributed by atoms with Crippen molar-refractivity contribution in [3.8, 4) is 0 Å². The molecular weight excluding hydrogens is 526 g/mol. The number of hydrogen-bond donors (Lipinski definition) is 0. The van der Waals surface area contributed by atoms with Crippen LogP contribution in [0.5, 0.6) is 0 Å². The van der Waals surface area contributed by atoms with Gasteiger partial charge in [0.2, 0.25) is 0 Å². The smallest absolute Gasteiger partial charge is 0.173 e. The quantitative estimate of drug-likeness (QED) is 0.112. The first kappa shape index (κ1) is 27.9. The molecule has 0 amide bonds. The SMILES string of the molecule is FC(F)=Cc1ccc([Si](CCc2ccccc2)(c2ccc(C=C(F)F)cc2)c2ccc(C=C(F)F)cc2)cc1. The maximum absolute atomic E-state index is 12.9. The lowest BCUT2D eigenvalue weighted by molar-refractivity contribution is 0.428. The third kappa shape index (κ3) is 7.06. The standard InChI is InChI=1S/C32H24F6Si/c33-30(34)20-24-6-12-27(13-7-24)39(19-18-23-4-2-1-3-5-23,28-14-8-25(9-15-28)21-31(35)36)29-16-10-26(11-17-29)22-32(37)38/h1-17,20-22H,18-19H2. The Balaban J connectivity index is 1.93. The van der Waals surface area contributed by atoms with E-state index in [1.807, 2.05) is 66.7 Å². The van der Waals surface area contributed by atoms with Gasteiger partial charge in [0.1, 0.15) is 8.07 Å². The first-order valence-electron chi connectivity index (χ1n) is 12.2. The highest BCUT2D eigenvalue weighted by molar-refractivity contribution is 7.11. The molecule has 0 heterocycles. The van der Waals surface area contributed by atoms with E-state index in [0.29, 0.717) is 29.2 Å². The molecule has 0 aliphatic heterocycles. The van der Waals surface area contributed by atoms with Crippen LogP contribution in [-0.4, -0.2) is 8.07 Å². The van der Waals surface area contributed by atoms with Crippen molar-refractivity contribution in [3.63, 3.8) is 0 Å². The molecule has 0 bridgehead atoms. The molecule has 0 saturated carbocycles. The first-order chi connectivity index (χ1) is 18.8. The summed E-state index contributed by atoms with van der Waals surface area (Å²) < 4.78 is 77.4. The summed E-state index contributed by atoms with van der Waals surface area (Å²) in [5.74, 6) is 0. The Labute approximate surface area is 224 Å². The molecule has 39 heavy (non-hydrogen) atoms. The van der Waals surface area contributed by atoms with Crippen LogP contribution in [0.15, 0.2) is 121 Å². The Kier molecular flexibility index (Phi) is 9.04. The van der Waals surface area contributed by atoms with Crippen molar-refractivity contribution in [2.75, 3.05) is 0 Å². The fourth-order valence-electron chi connectivity index (χ4n) is 4.88. The largest absolute Gasteiger partial charge is 0.270 e. The van der Waals surface area contributed by atoms with Gasteiger partial charge >= 0.3 is 0 Å². The zero-order valence-corrected chi connectivity index (χ0v) is 21.7. The zero-order chi connectivity index (χ0) is 27.8. The molecule has 0 aliphatic rings. The normalized spacial score (nSPS) is 11.0. The molecule has 0 unspecified atom stereocenters. The van der Waals surface area contributed by atoms with E-state index < -0.39 is 26.3 Å². The zero-order valence-electron chi connectivity index (χ0n) is 20.7. The molecule has 0 atom stereocenters. The van der Waals surface area contributed by atoms with E-state index in [9.17, 15) is 26.3 Å². The minimum atomic E-state index is -2.92. The summed E-state index contributed by atoms with van der Waals surface area (Å²) in [5.41, 5.74) is 2.15. The van der Waals surface area contributed by atoms with E-state index in [1.54, 1.807) is 36.4 Å². The minimum Gasteiger partial charge on any atom is -0.173 e. The average molecular weight is 551 g/mol. The second-order valence-corrected chi connectivity index (χ2v) is 13.1. The third-order valence-corrected chi connectivity index (χ3v) is 11.6. The van der Waals surface area contributed by atoms with Crippen molar-refractivity contribution in [1.29, 1.82) is 0 Å². The van der Waals surface area contributed by atoms with Crippen LogP contribution in [0.4, 0.5) is 26.3 Å². The van der Waals surface area contributed by atoms with Crippen molar-refractivity contribution in [2.24, 2.45) is 0 Å². The highest BCUT2D eigenvalue weighted by Crippen LogP contribution is 2.20. The predicted octanol–water partition coefficient (Wildman–Crippen LogP) is 8.11. The van der Waals surface area contributed by atoms with Gasteiger partial charge in [0.15, 0.2) is 0 Å². The van der Waals surface area contributed by atoms with Crippen LogP contribution >= 0.6 is 0 Å². The van der Waals surface area contributed by atoms with Crippen LogP contribution in [0.3, 0.4) is 0 Å². The van der Waals surface area contributed by atoms with Crippen LogP contribution in [0.2, 0.25) is 6.04 Å². The van der Waals surface area contributed by atoms with Gasteiger partial charge in [-0.1, -0.05) is 103 Å². The summed E-state index contributed by atoms with van der Waals surface area (Å²) in [6, 6.07) is 31.3. The third-order valence-electron chi connectivity index (χ3n) is 6.67. The van der Waals surface area contributed by atoms with E-state index in [2.05, 4.69) is 0 Å². The summed E-state index contributed by atoms with van der Waals surface area (Å²) >= 11 is 0. The number of rotatable bonds is 9. The Morgan fingerprint density at radius 1 is 0.462 bits per heavy atom. The second-order valence-electron chi connectivity index (χ2n) is 9.06. The van der Waals surface area contributed by atoms with Crippen LogP contribution < -0.4 is 15.6 Å². The van der Waals surface area contributed by atoms with Gasteiger partial charge in [-0.15, -0.1) is 0 Å². The summed E-state index contributed by atoms with van der Waals surface area (Å²) in [7, 11) is -2.92. The first-order valence-corrected chi connectivity index (χ1v) is 14.4. The topological polar surface area (TPSA) is 0 Å². The molecule has 0 nitrogen and oxygen atoms in total. The predicted molar refractivity (Wildman–Crippen MR) is 150 cm³/mol. The lowest BCUT2D eigenvalue weighted by Gasteiger charge is -2.34. The Morgan fingerprint density at radius 2 is 0.795 bits per heavy atom. The summed E-state index contributed by atoms with van der Waals surface area (Å²) in [6.45, 7) is 0. The maximum Gasteiger partial charge on any atom is 0.270 e. The molecule has 0 spiro atoms. The maximum atomic E-state index is 12.9. The van der Waals surface area contributed by atoms with Crippen molar-refractivity contribution in [1.82, 2.24) is 0 Å². The van der Waals surface area contributed by atoms with Gasteiger partial charge in [-0.2, -0.15) is 26.3 Å². The van der Waals surface area contributed by atoms with Gasteiger partial charge in [-0.3, -0.25) is 0 Å². The number of benzene rings is 4. The summed E-state index contributed by atoms with van der Waals surface area (Å²) in [5, 5.41) is 2.78. The molecule has 4 aromatic carbocycles. The van der Waals surface area contributed by atoms with E-state index >= 15 is 0 Å². The van der Waals surface area contributed by atoms with Crippen molar-refractivity contribution < 1.29 is 26.3 Å². The lowest BCUT2D eigenvalue weighted by atomic mass is 10.2. The fraction of sp³-hybridized carbons (Fsp3) is 0.0625. The highest BCUT2D eigenvalue weighted by atomic mass is 28.3. The van der Waals surface area contributed by atoms with Crippen molar-refractivity contribution >= 4 is 41.9 Å². The van der Waals surface area contributed by atoms with E-state index in [-0.39, 0.29) is 0 Å². The summed E-state index contributed by atoms with van der Waals surface area (Å²) in [6.07, 6.45) is -2.36. The van der Waals surface area contributed by atoms with Crippen LogP contribution in [0, 0.1) is 0 Å². The van der Waals surface area contributed by atoms with Crippen molar-refractivity contribution in [3.05, 3.63) is 144 Å². The molecule has 0 fully saturated rings. The molecule has 0 aromatic heterocycles. The highest BCUT2D eigenvalue weighted by Gasteiger charge is 2.39. The van der Waals surface area contributed by atoms with Crippen LogP contribution in [0.25, 0.3) is 18.2 Å². The molecule has 0 aliphatic carbocycles. The lowest BCUT2D eigenvalue weighted by Crippen LogP contribution is -2.67. The van der Waals surface area contributed by atoms with E-state index in [4.69, 9.17) is 0 Å². The van der Waals surface area contributed by atoms with Crippen LogP contribution in [0.1, 0.15) is 22.3 Å². The van der Waals surface area contributed by atoms with Gasteiger partial charge in [-0.25, -0.2) is 0 Å². The van der Waals surface area contributed by atoms with E-state index in [0.717, 1.165) is 39.4 Å². The second kappa shape index (κ2) is 12.6. The molecular formula is C32H24F6Si. The number of aryl methyl sites for hydroxylation is 1. The summed E-state index contributed by atoms with van der Waals surface area (Å²) in [4.78, 5) is 0. The van der Waals surface area contributed by atoms with Gasteiger partial charge in [0.05, 0.1) is 0 Å². The molecule has 0 saturated heterocycles. The molecule has 198 valence electrons. The molecule has 4 rings (SSSR count). The minimum absolute atomic E-state index is 0.350. The fourth-order valence-corrected chi connectivity index (χ4v) is 9.62. The van der Waals surface area contributed by atoms with Crippen LogP contribution in [-0.2, 0) is 6.42 Å². The van der Waals surface area contributed by atoms with Gasteiger partial charge in [0, 0.05) is 18.2 Å². The monoisotopic (exact) mass is 550 g/mol. The molecule has 0 radical (unpaired) electrons. The van der Waals surface area contributed by atoms with Crippen molar-refractivity contribution in [2.45, 2.75) is 12.5 Å². The molecule has 4 aromatic rings. The van der Waals surface area contributed by atoms with Gasteiger partial charge in [0.25, 0.3) is 18.2 Å². The Morgan fingerprint density at radius 3 is 1.10 bits per heavy atom. The number of hydrogen-bond acceptors (Lipinski definition) is 0.